The third-order valence-corrected chi connectivity index (χ3v) is 2.24. The summed E-state index contributed by atoms with van der Waals surface area (Å²) >= 11 is 0. The van der Waals surface area contributed by atoms with Gasteiger partial charge in [-0.05, 0) is 38.0 Å². The highest BCUT2D eigenvalue weighted by Crippen LogP contribution is 2.28. The van der Waals surface area contributed by atoms with E-state index in [9.17, 15) is 9.90 Å². The Morgan fingerprint density at radius 1 is 1.40 bits per heavy atom. The minimum atomic E-state index is -0.101. The predicted molar refractivity (Wildman–Crippen MR) is 58.7 cm³/mol. The third-order valence-electron chi connectivity index (χ3n) is 2.24. The monoisotopic (exact) mass is 208 g/mol. The van der Waals surface area contributed by atoms with Gasteiger partial charge in [0.1, 0.15) is 11.5 Å². The van der Waals surface area contributed by atoms with E-state index < -0.39 is 0 Å². The molecule has 0 fully saturated rings. The molecule has 15 heavy (non-hydrogen) atoms. The summed E-state index contributed by atoms with van der Waals surface area (Å²) < 4.78 is 5.36. The first-order valence-electron chi connectivity index (χ1n) is 5.09. The molecule has 0 aromatic heterocycles. The van der Waals surface area contributed by atoms with Gasteiger partial charge in [0.25, 0.3) is 0 Å². The molecule has 0 atom stereocenters. The van der Waals surface area contributed by atoms with Crippen LogP contribution in [0.15, 0.2) is 12.1 Å². The molecule has 0 aliphatic heterocycles. The summed E-state index contributed by atoms with van der Waals surface area (Å²) in [5.41, 5.74) is 1.23. The van der Waals surface area contributed by atoms with Crippen molar-refractivity contribution in [1.29, 1.82) is 0 Å². The number of hydrogen-bond acceptors (Lipinski definition) is 3. The number of Topliss-reactive ketones (excluding diaryl/α,β-unsaturated/α-hetero) is 1. The molecule has 0 saturated carbocycles. The summed E-state index contributed by atoms with van der Waals surface area (Å²) in [5, 5.41) is 9.63. The number of aromatic hydroxyl groups is 1. The van der Waals surface area contributed by atoms with Crippen molar-refractivity contribution >= 4 is 5.78 Å². The van der Waals surface area contributed by atoms with E-state index in [4.69, 9.17) is 4.74 Å². The van der Waals surface area contributed by atoms with Gasteiger partial charge in [0, 0.05) is 0 Å². The zero-order chi connectivity index (χ0) is 11.4. The molecule has 3 heteroatoms. The molecule has 0 saturated heterocycles. The fourth-order valence-electron chi connectivity index (χ4n) is 1.44. The minimum absolute atomic E-state index is 0.101. The lowest BCUT2D eigenvalue weighted by Gasteiger charge is -2.11. The van der Waals surface area contributed by atoms with Crippen LogP contribution in [0.2, 0.25) is 0 Å². The van der Waals surface area contributed by atoms with E-state index in [1.165, 1.54) is 13.0 Å². The first-order chi connectivity index (χ1) is 7.10. The van der Waals surface area contributed by atoms with Crippen LogP contribution < -0.4 is 4.74 Å². The number of aryl methyl sites for hydroxylation is 1. The van der Waals surface area contributed by atoms with Crippen molar-refractivity contribution in [2.45, 2.75) is 27.2 Å². The normalized spacial score (nSPS) is 10.1. The molecule has 1 aromatic rings. The predicted octanol–water partition coefficient (Wildman–Crippen LogP) is 2.56. The summed E-state index contributed by atoms with van der Waals surface area (Å²) in [6, 6.07) is 3.21. The molecule has 0 aliphatic rings. The molecule has 1 aromatic carbocycles. The highest BCUT2D eigenvalue weighted by molar-refractivity contribution is 5.97. The van der Waals surface area contributed by atoms with Crippen LogP contribution in [0, 0.1) is 0 Å². The van der Waals surface area contributed by atoms with E-state index in [2.05, 4.69) is 0 Å². The molecule has 1 rings (SSSR count). The maximum absolute atomic E-state index is 11.3. The third kappa shape index (κ3) is 2.49. The Morgan fingerprint density at radius 2 is 2.07 bits per heavy atom. The smallest absolute Gasteiger partial charge is 0.163 e. The van der Waals surface area contributed by atoms with Gasteiger partial charge in [-0.15, -0.1) is 0 Å². The SMILES string of the molecule is CCOc1cc(CC)c(O)cc1C(C)=O. The second-order valence-corrected chi connectivity index (χ2v) is 3.32. The number of ketones is 1. The Hall–Kier alpha value is -1.51. The highest BCUT2D eigenvalue weighted by Gasteiger charge is 2.12. The van der Waals surface area contributed by atoms with Crippen LogP contribution >= 0.6 is 0 Å². The van der Waals surface area contributed by atoms with Gasteiger partial charge in [0.05, 0.1) is 12.2 Å². The highest BCUT2D eigenvalue weighted by atomic mass is 16.5. The maximum atomic E-state index is 11.3. The molecule has 82 valence electrons. The number of carbonyl (C=O) groups is 1. The topological polar surface area (TPSA) is 46.5 Å². The van der Waals surface area contributed by atoms with Crippen molar-refractivity contribution in [1.82, 2.24) is 0 Å². The zero-order valence-corrected chi connectivity index (χ0v) is 9.33. The Kier molecular flexibility index (Phi) is 3.72. The van der Waals surface area contributed by atoms with Crippen molar-refractivity contribution in [3.05, 3.63) is 23.3 Å². The van der Waals surface area contributed by atoms with E-state index >= 15 is 0 Å². The van der Waals surface area contributed by atoms with E-state index in [0.717, 1.165) is 5.56 Å². The molecule has 1 N–H and O–H groups in total. The van der Waals surface area contributed by atoms with Gasteiger partial charge in [-0.1, -0.05) is 6.92 Å². The van der Waals surface area contributed by atoms with E-state index in [-0.39, 0.29) is 11.5 Å². The largest absolute Gasteiger partial charge is 0.508 e. The molecule has 0 aliphatic carbocycles. The molecule has 0 amide bonds. The molecule has 0 spiro atoms. The first kappa shape index (κ1) is 11.6. The van der Waals surface area contributed by atoms with Gasteiger partial charge >= 0.3 is 0 Å². The molecule has 0 unspecified atom stereocenters. The number of ether oxygens (including phenoxy) is 1. The Morgan fingerprint density at radius 3 is 2.53 bits per heavy atom. The Labute approximate surface area is 89.7 Å². The second-order valence-electron chi connectivity index (χ2n) is 3.32. The lowest BCUT2D eigenvalue weighted by atomic mass is 10.0. The van der Waals surface area contributed by atoms with E-state index in [1.807, 2.05) is 13.8 Å². The van der Waals surface area contributed by atoms with Gasteiger partial charge in [-0.2, -0.15) is 0 Å². The minimum Gasteiger partial charge on any atom is -0.508 e. The number of carbonyl (C=O) groups excluding carboxylic acids is 1. The van der Waals surface area contributed by atoms with Gasteiger partial charge in [-0.25, -0.2) is 0 Å². The van der Waals surface area contributed by atoms with Crippen LogP contribution in [-0.4, -0.2) is 17.5 Å². The van der Waals surface area contributed by atoms with Gasteiger partial charge in [0.2, 0.25) is 0 Å². The molecule has 0 radical (unpaired) electrons. The number of phenolic OH excluding ortho intramolecular Hbond substituents is 1. The number of hydrogen-bond donors (Lipinski definition) is 1. The fourth-order valence-corrected chi connectivity index (χ4v) is 1.44. The summed E-state index contributed by atoms with van der Waals surface area (Å²) in [4.78, 5) is 11.3. The standard InChI is InChI=1S/C12H16O3/c1-4-9-6-12(15-5-2)10(8(3)13)7-11(9)14/h6-7,14H,4-5H2,1-3H3. The second kappa shape index (κ2) is 4.82. The van der Waals surface area contributed by atoms with E-state index in [1.54, 1.807) is 6.07 Å². The summed E-state index contributed by atoms with van der Waals surface area (Å²) in [6.45, 7) is 5.78. The van der Waals surface area contributed by atoms with E-state index in [0.29, 0.717) is 24.3 Å². The van der Waals surface area contributed by atoms with Crippen LogP contribution in [0.4, 0.5) is 0 Å². The molecular weight excluding hydrogens is 192 g/mol. The van der Waals surface area contributed by atoms with Gasteiger partial charge in [-0.3, -0.25) is 4.79 Å². The Balaban J connectivity index is 3.25. The summed E-state index contributed by atoms with van der Waals surface area (Å²) in [7, 11) is 0. The van der Waals surface area contributed by atoms with Crippen molar-refractivity contribution in [3.8, 4) is 11.5 Å². The Bertz CT molecular complexity index is 369. The van der Waals surface area contributed by atoms with Crippen molar-refractivity contribution in [3.63, 3.8) is 0 Å². The van der Waals surface area contributed by atoms with Gasteiger partial charge < -0.3 is 9.84 Å². The summed E-state index contributed by atoms with van der Waals surface area (Å²) in [6.07, 6.45) is 0.712. The van der Waals surface area contributed by atoms with Crippen LogP contribution in [-0.2, 0) is 6.42 Å². The van der Waals surface area contributed by atoms with Gasteiger partial charge in [0.15, 0.2) is 5.78 Å². The van der Waals surface area contributed by atoms with Crippen LogP contribution in [0.3, 0.4) is 0 Å². The summed E-state index contributed by atoms with van der Waals surface area (Å²) in [5.74, 6) is 0.613. The number of phenols is 1. The first-order valence-corrected chi connectivity index (χ1v) is 5.09. The van der Waals surface area contributed by atoms with Crippen molar-refractivity contribution < 1.29 is 14.6 Å². The molecule has 3 nitrogen and oxygen atoms in total. The van der Waals surface area contributed by atoms with Crippen LogP contribution in [0.5, 0.6) is 11.5 Å². The fraction of sp³-hybridized carbons (Fsp3) is 0.417. The lowest BCUT2D eigenvalue weighted by molar-refractivity contribution is 0.101. The average molecular weight is 208 g/mol. The zero-order valence-electron chi connectivity index (χ0n) is 9.33. The molecule has 0 heterocycles. The van der Waals surface area contributed by atoms with Crippen molar-refractivity contribution in [2.24, 2.45) is 0 Å². The number of benzene rings is 1. The number of rotatable bonds is 4. The maximum Gasteiger partial charge on any atom is 0.163 e. The molecular formula is C12H16O3. The van der Waals surface area contributed by atoms with Crippen molar-refractivity contribution in [2.75, 3.05) is 6.61 Å². The molecule has 0 bridgehead atoms. The lowest BCUT2D eigenvalue weighted by Crippen LogP contribution is -2.01. The van der Waals surface area contributed by atoms with Crippen LogP contribution in [0.25, 0.3) is 0 Å². The quantitative estimate of drug-likeness (QED) is 0.773. The average Bonchev–Trinajstić information content (AvgIpc) is 2.20. The van der Waals surface area contributed by atoms with Crippen LogP contribution in [0.1, 0.15) is 36.7 Å².